The van der Waals surface area contributed by atoms with Gasteiger partial charge in [-0.3, -0.25) is 4.79 Å². The van der Waals surface area contributed by atoms with Gasteiger partial charge in [0.15, 0.2) is 0 Å². The van der Waals surface area contributed by atoms with Crippen molar-refractivity contribution in [3.63, 3.8) is 0 Å². The van der Waals surface area contributed by atoms with Crippen LogP contribution in [0.4, 0.5) is 5.82 Å². The molecule has 0 saturated heterocycles. The van der Waals surface area contributed by atoms with Gasteiger partial charge in [-0.1, -0.05) is 33.1 Å². The lowest BCUT2D eigenvalue weighted by atomic mass is 10.0. The van der Waals surface area contributed by atoms with Crippen LogP contribution < -0.4 is 16.6 Å². The summed E-state index contributed by atoms with van der Waals surface area (Å²) in [5, 5.41) is 3.09. The second kappa shape index (κ2) is 8.48. The number of nitrogens with one attached hydrogen (secondary N) is 2. The Labute approximate surface area is 115 Å². The van der Waals surface area contributed by atoms with Crippen molar-refractivity contribution in [3.05, 3.63) is 23.9 Å². The van der Waals surface area contributed by atoms with Crippen LogP contribution in [0.5, 0.6) is 0 Å². The first-order chi connectivity index (χ1) is 9.21. The predicted octanol–water partition coefficient (Wildman–Crippen LogP) is 2.46. The summed E-state index contributed by atoms with van der Waals surface area (Å²) in [6.07, 6.45) is 6.97. The van der Waals surface area contributed by atoms with Gasteiger partial charge < -0.3 is 10.7 Å². The fraction of sp³-hybridized carbons (Fsp3) is 0.571. The maximum atomic E-state index is 12.2. The molecule has 0 radical (unpaired) electrons. The van der Waals surface area contributed by atoms with Gasteiger partial charge in [0.05, 0.1) is 0 Å². The Balaban J connectivity index is 2.64. The minimum Gasteiger partial charge on any atom is -0.349 e. The summed E-state index contributed by atoms with van der Waals surface area (Å²) in [7, 11) is 0. The van der Waals surface area contributed by atoms with Crippen LogP contribution in [-0.2, 0) is 0 Å². The third-order valence-corrected chi connectivity index (χ3v) is 3.05. The zero-order valence-electron chi connectivity index (χ0n) is 11.8. The Bertz CT molecular complexity index is 395. The van der Waals surface area contributed by atoms with Gasteiger partial charge in [-0.25, -0.2) is 10.8 Å². The summed E-state index contributed by atoms with van der Waals surface area (Å²) in [4.78, 5) is 16.1. The van der Waals surface area contributed by atoms with Crippen LogP contribution in [-0.4, -0.2) is 16.9 Å². The number of hydrazine groups is 1. The van der Waals surface area contributed by atoms with E-state index in [1.54, 1.807) is 18.3 Å². The van der Waals surface area contributed by atoms with Gasteiger partial charge in [0.1, 0.15) is 5.82 Å². The predicted molar refractivity (Wildman–Crippen MR) is 77.7 cm³/mol. The SMILES string of the molecule is CCCCC(CCC)NC(=O)c1ccnc(NN)c1. The normalized spacial score (nSPS) is 11.9. The highest BCUT2D eigenvalue weighted by Crippen LogP contribution is 2.10. The van der Waals surface area contributed by atoms with Crippen LogP contribution in [0.1, 0.15) is 56.3 Å². The maximum absolute atomic E-state index is 12.2. The van der Waals surface area contributed by atoms with Crippen molar-refractivity contribution in [3.8, 4) is 0 Å². The third-order valence-electron chi connectivity index (χ3n) is 3.05. The van der Waals surface area contributed by atoms with Gasteiger partial charge in [0.25, 0.3) is 5.91 Å². The van der Waals surface area contributed by atoms with Crippen LogP contribution in [0.2, 0.25) is 0 Å². The van der Waals surface area contributed by atoms with E-state index in [-0.39, 0.29) is 11.9 Å². The minimum atomic E-state index is -0.0616. The molecule has 5 heteroatoms. The first-order valence-electron chi connectivity index (χ1n) is 6.94. The van der Waals surface area contributed by atoms with E-state index in [9.17, 15) is 4.79 Å². The molecule has 0 spiro atoms. The largest absolute Gasteiger partial charge is 0.349 e. The molecule has 19 heavy (non-hydrogen) atoms. The number of hydrogen-bond acceptors (Lipinski definition) is 4. The molecule has 1 atom stereocenters. The van der Waals surface area contributed by atoms with Crippen molar-refractivity contribution in [2.24, 2.45) is 5.84 Å². The lowest BCUT2D eigenvalue weighted by molar-refractivity contribution is 0.0932. The molecule has 1 rings (SSSR count). The molecule has 1 amide bonds. The summed E-state index contributed by atoms with van der Waals surface area (Å²) < 4.78 is 0. The average molecular weight is 264 g/mol. The second-order valence-electron chi connectivity index (χ2n) is 4.68. The monoisotopic (exact) mass is 264 g/mol. The molecule has 0 fully saturated rings. The molecule has 1 aromatic heterocycles. The number of nitrogens with zero attached hydrogens (tertiary/aromatic N) is 1. The molecule has 1 unspecified atom stereocenters. The van der Waals surface area contributed by atoms with E-state index in [1.807, 2.05) is 0 Å². The van der Waals surface area contributed by atoms with Gasteiger partial charge in [-0.2, -0.15) is 0 Å². The van der Waals surface area contributed by atoms with Crippen LogP contribution in [0.3, 0.4) is 0 Å². The number of nitrogen functional groups attached to an aromatic ring is 1. The summed E-state index contributed by atoms with van der Waals surface area (Å²) >= 11 is 0. The Kier molecular flexibility index (Phi) is 6.89. The second-order valence-corrected chi connectivity index (χ2v) is 4.68. The molecular weight excluding hydrogens is 240 g/mol. The summed E-state index contributed by atoms with van der Waals surface area (Å²) in [6.45, 7) is 4.29. The van der Waals surface area contributed by atoms with E-state index in [0.29, 0.717) is 11.4 Å². The number of aromatic nitrogens is 1. The molecule has 0 aliphatic rings. The molecule has 1 heterocycles. The number of nitrogens with two attached hydrogens (primary N) is 1. The van der Waals surface area contributed by atoms with Crippen molar-refractivity contribution in [1.29, 1.82) is 0 Å². The topological polar surface area (TPSA) is 80.0 Å². The molecular formula is C14H24N4O. The van der Waals surface area contributed by atoms with E-state index in [4.69, 9.17) is 5.84 Å². The Hall–Kier alpha value is -1.62. The highest BCUT2D eigenvalue weighted by atomic mass is 16.1. The minimum absolute atomic E-state index is 0.0616. The van der Waals surface area contributed by atoms with Crippen molar-refractivity contribution in [2.75, 3.05) is 5.43 Å². The van der Waals surface area contributed by atoms with Gasteiger partial charge in [-0.15, -0.1) is 0 Å². The number of carbonyl (C=O) groups excluding carboxylic acids is 1. The zero-order chi connectivity index (χ0) is 14.1. The molecule has 0 bridgehead atoms. The highest BCUT2D eigenvalue weighted by molar-refractivity contribution is 5.94. The first-order valence-corrected chi connectivity index (χ1v) is 6.94. The third kappa shape index (κ3) is 5.26. The molecule has 0 aromatic carbocycles. The van der Waals surface area contributed by atoms with Crippen molar-refractivity contribution in [1.82, 2.24) is 10.3 Å². The van der Waals surface area contributed by atoms with Crippen LogP contribution in [0.15, 0.2) is 18.3 Å². The Morgan fingerprint density at radius 2 is 2.16 bits per heavy atom. The number of anilines is 1. The number of hydrogen-bond donors (Lipinski definition) is 3. The number of rotatable bonds is 8. The number of amides is 1. The molecule has 0 aliphatic carbocycles. The summed E-state index contributed by atoms with van der Waals surface area (Å²) in [5.41, 5.74) is 3.03. The van der Waals surface area contributed by atoms with E-state index in [1.165, 1.54) is 0 Å². The van der Waals surface area contributed by atoms with E-state index >= 15 is 0 Å². The fourth-order valence-electron chi connectivity index (χ4n) is 2.01. The van der Waals surface area contributed by atoms with Crippen LogP contribution >= 0.6 is 0 Å². The molecule has 4 N–H and O–H groups in total. The average Bonchev–Trinajstić information content (AvgIpc) is 2.45. The number of unbranched alkanes of at least 4 members (excludes halogenated alkanes) is 1. The standard InChI is InChI=1S/C14H24N4O/c1-3-5-7-12(6-4-2)17-14(19)11-8-9-16-13(10-11)18-15/h8-10,12H,3-7,15H2,1-2H3,(H,16,18)(H,17,19). The molecule has 106 valence electrons. The molecule has 1 aromatic rings. The van der Waals surface area contributed by atoms with Crippen LogP contribution in [0.25, 0.3) is 0 Å². The summed E-state index contributed by atoms with van der Waals surface area (Å²) in [6, 6.07) is 3.59. The number of carbonyl (C=O) groups is 1. The molecule has 0 saturated carbocycles. The molecule has 0 aliphatic heterocycles. The van der Waals surface area contributed by atoms with Crippen molar-refractivity contribution < 1.29 is 4.79 Å². The quantitative estimate of drug-likeness (QED) is 0.497. The van der Waals surface area contributed by atoms with Gasteiger partial charge >= 0.3 is 0 Å². The lowest BCUT2D eigenvalue weighted by Gasteiger charge is -2.18. The van der Waals surface area contributed by atoms with Gasteiger partial charge in [0, 0.05) is 17.8 Å². The van der Waals surface area contributed by atoms with Crippen molar-refractivity contribution >= 4 is 11.7 Å². The van der Waals surface area contributed by atoms with E-state index < -0.39 is 0 Å². The summed E-state index contributed by atoms with van der Waals surface area (Å²) in [5.74, 6) is 5.72. The smallest absolute Gasteiger partial charge is 0.251 e. The fourth-order valence-corrected chi connectivity index (χ4v) is 2.01. The van der Waals surface area contributed by atoms with Crippen molar-refractivity contribution in [2.45, 2.75) is 52.0 Å². The lowest BCUT2D eigenvalue weighted by Crippen LogP contribution is -2.34. The van der Waals surface area contributed by atoms with Gasteiger partial charge in [-0.05, 0) is 25.0 Å². The van der Waals surface area contributed by atoms with Crippen LogP contribution in [0, 0.1) is 0 Å². The Morgan fingerprint density at radius 1 is 1.37 bits per heavy atom. The number of pyridine rings is 1. The van der Waals surface area contributed by atoms with E-state index in [2.05, 4.69) is 29.6 Å². The molecule has 5 nitrogen and oxygen atoms in total. The highest BCUT2D eigenvalue weighted by Gasteiger charge is 2.13. The maximum Gasteiger partial charge on any atom is 0.251 e. The first kappa shape index (κ1) is 15.4. The Morgan fingerprint density at radius 3 is 2.79 bits per heavy atom. The van der Waals surface area contributed by atoms with E-state index in [0.717, 1.165) is 32.1 Å². The zero-order valence-corrected chi connectivity index (χ0v) is 11.8. The van der Waals surface area contributed by atoms with Gasteiger partial charge in [0.2, 0.25) is 0 Å².